The Bertz CT molecular complexity index is 3040. The number of rotatable bonds is 12. The number of nitrogens with zero attached hydrogens (tertiary/aromatic N) is 7. The molecule has 0 unspecified atom stereocenters. The molecule has 2 amide bonds. The number of aliphatic carboxylic acids is 1. The van der Waals surface area contributed by atoms with Crippen molar-refractivity contribution < 1.29 is 56.4 Å². The van der Waals surface area contributed by atoms with E-state index in [1.54, 1.807) is 44.5 Å². The van der Waals surface area contributed by atoms with Gasteiger partial charge in [0.1, 0.15) is 33.5 Å². The summed E-state index contributed by atoms with van der Waals surface area (Å²) in [5.74, 6) is -2.97. The van der Waals surface area contributed by atoms with Gasteiger partial charge < -0.3 is 24.4 Å². The second-order valence-electron chi connectivity index (χ2n) is 13.0. The van der Waals surface area contributed by atoms with Gasteiger partial charge in [-0.15, -0.1) is 11.8 Å². The monoisotopic (exact) mass is 1010 g/mol. The molecule has 4 N–H and O–H groups in total. The Morgan fingerprint density at radius 1 is 0.970 bits per heavy atom. The lowest BCUT2D eigenvalue weighted by atomic mass is 10.2. The highest BCUT2D eigenvalue weighted by Gasteiger charge is 2.24. The number of carboxylic acids is 2. The summed E-state index contributed by atoms with van der Waals surface area (Å²) < 4.78 is 58.3. The Labute approximate surface area is 391 Å². The minimum Gasteiger partial charge on any atom is -0.480 e. The molecule has 7 rings (SSSR count). The van der Waals surface area contributed by atoms with E-state index in [2.05, 4.69) is 35.0 Å². The van der Waals surface area contributed by atoms with Crippen molar-refractivity contribution >= 4 is 103 Å². The smallest absolute Gasteiger partial charge is 0.341 e. The van der Waals surface area contributed by atoms with Crippen molar-refractivity contribution in [2.24, 2.45) is 4.99 Å². The maximum absolute atomic E-state index is 14.3. The van der Waals surface area contributed by atoms with Crippen LogP contribution in [-0.2, 0) is 37.4 Å². The van der Waals surface area contributed by atoms with Gasteiger partial charge >= 0.3 is 34.8 Å². The molecule has 4 heterocycles. The standard InChI is InChI=1S/C15H15ClFN3O3S2.C13H13N5O6S.C11H8ClNO3/c1-23-13(21)8-24-12-7-11(10(17)6-9(12)16)18-14-19-4-2-3-5-20(19)15(22)25-14;1-7-14-11(17-13(15-7)24-2)16-12(21)18-25(22,23)9-6-4-3-5-8(9)10(19)20;12-8-3-4-9(16-6-10(14)15)11-7(8)2-1-5-13-11/h6-7H,2-5,8H2,1H3;3-6H,1-2H3,(H,19,20)(H2,14,15,16,17,18,21);1-5H,6H2,(H,14,15). The van der Waals surface area contributed by atoms with E-state index < -0.39 is 56.8 Å². The lowest BCUT2D eigenvalue weighted by Crippen LogP contribution is -2.35. The van der Waals surface area contributed by atoms with E-state index in [9.17, 15) is 36.8 Å². The molecule has 0 radical (unpaired) electrons. The molecular weight excluding hydrogens is 973 g/mol. The third-order valence-electron chi connectivity index (χ3n) is 8.48. The predicted molar refractivity (Wildman–Crippen MR) is 239 cm³/mol. The third-order valence-corrected chi connectivity index (χ3v) is 12.5. The van der Waals surface area contributed by atoms with Crippen molar-refractivity contribution in [2.45, 2.75) is 42.6 Å². The number of aromatic carboxylic acids is 1. The van der Waals surface area contributed by atoms with Gasteiger partial charge in [0.2, 0.25) is 10.7 Å². The van der Waals surface area contributed by atoms with Gasteiger partial charge in [-0.2, -0.15) is 15.0 Å². The normalized spacial score (nSPS) is 12.1. The van der Waals surface area contributed by atoms with Crippen LogP contribution >= 0.6 is 46.3 Å². The van der Waals surface area contributed by atoms with E-state index in [0.717, 1.165) is 59.5 Å². The maximum Gasteiger partial charge on any atom is 0.341 e. The van der Waals surface area contributed by atoms with Crippen molar-refractivity contribution in [3.05, 3.63) is 109 Å². The molecule has 0 saturated carbocycles. The van der Waals surface area contributed by atoms with Gasteiger partial charge in [0.15, 0.2) is 6.61 Å². The first-order valence-electron chi connectivity index (χ1n) is 18.8. The zero-order chi connectivity index (χ0) is 48.1. The van der Waals surface area contributed by atoms with E-state index in [1.807, 2.05) is 0 Å². The van der Waals surface area contributed by atoms with Gasteiger partial charge in [0, 0.05) is 29.6 Å². The lowest BCUT2D eigenvalue weighted by molar-refractivity contribution is -0.139. The average Bonchev–Trinajstić information content (AvgIpc) is 3.60. The van der Waals surface area contributed by atoms with Gasteiger partial charge in [-0.3, -0.25) is 24.6 Å². The van der Waals surface area contributed by atoms with Crippen LogP contribution in [0.3, 0.4) is 0 Å². The van der Waals surface area contributed by atoms with Gasteiger partial charge in [0.25, 0.3) is 10.0 Å². The highest BCUT2D eigenvalue weighted by molar-refractivity contribution is 8.00. The summed E-state index contributed by atoms with van der Waals surface area (Å²) >= 11 is 14.2. The molecule has 0 fully saturated rings. The van der Waals surface area contributed by atoms with Crippen LogP contribution in [0.1, 0.15) is 29.0 Å². The number of hydrogen-bond acceptors (Lipinski definition) is 17. The molecular formula is C39H36Cl2FN9O12S3. The maximum atomic E-state index is 14.3. The largest absolute Gasteiger partial charge is 0.480 e. The zero-order valence-corrected chi connectivity index (χ0v) is 38.5. The van der Waals surface area contributed by atoms with Gasteiger partial charge in [-0.05, 0) is 79.6 Å². The highest BCUT2D eigenvalue weighted by Crippen LogP contribution is 2.33. The third kappa shape index (κ3) is 13.4. The number of aryl methyl sites for hydroxylation is 1. The number of carbonyl (C=O) groups is 4. The molecule has 0 saturated heterocycles. The lowest BCUT2D eigenvalue weighted by Gasteiger charge is -2.15. The number of amides is 2. The van der Waals surface area contributed by atoms with Crippen LogP contribution in [0.25, 0.3) is 10.9 Å². The van der Waals surface area contributed by atoms with Crippen LogP contribution in [-0.4, -0.2) is 98.4 Å². The fraction of sp³-hybridized carbons (Fsp3) is 0.231. The summed E-state index contributed by atoms with van der Waals surface area (Å²) in [5, 5.41) is 21.2. The van der Waals surface area contributed by atoms with Crippen molar-refractivity contribution in [1.29, 1.82) is 0 Å². The van der Waals surface area contributed by atoms with Gasteiger partial charge in [-0.1, -0.05) is 35.3 Å². The van der Waals surface area contributed by atoms with E-state index in [4.69, 9.17) is 42.9 Å². The molecule has 0 bridgehead atoms. The Hall–Kier alpha value is -6.67. The van der Waals surface area contributed by atoms with Gasteiger partial charge in [-0.25, -0.2) is 41.6 Å². The molecule has 1 aliphatic heterocycles. The molecule has 27 heteroatoms. The molecule has 1 aliphatic rings. The van der Waals surface area contributed by atoms with E-state index >= 15 is 0 Å². The summed E-state index contributed by atoms with van der Waals surface area (Å²) in [6.07, 6.45) is 3.50. The molecule has 0 spiro atoms. The Balaban J connectivity index is 0.000000190. The number of halogens is 3. The molecule has 21 nitrogen and oxygen atoms in total. The Morgan fingerprint density at radius 2 is 1.70 bits per heavy atom. The molecule has 348 valence electrons. The number of ether oxygens (including phenoxy) is 3. The molecule has 3 aromatic heterocycles. The first kappa shape index (κ1) is 50.3. The number of aromatic nitrogens is 6. The summed E-state index contributed by atoms with van der Waals surface area (Å²) in [6, 6.07) is 13.1. The van der Waals surface area contributed by atoms with Crippen molar-refractivity contribution in [2.75, 3.05) is 31.9 Å². The zero-order valence-electron chi connectivity index (χ0n) is 34.6. The number of carboxylic acid groups (broad SMARTS) is 2. The molecule has 6 aromatic rings. The summed E-state index contributed by atoms with van der Waals surface area (Å²) in [7, 11) is -1.82. The number of esters is 1. The number of sulfonamides is 1. The first-order valence-corrected chi connectivity index (χ1v) is 22.8. The minimum absolute atomic E-state index is 0.0605. The highest BCUT2D eigenvalue weighted by atomic mass is 35.5. The number of fused-ring (bicyclic) bond motifs is 2. The van der Waals surface area contributed by atoms with Crippen LogP contribution in [0.4, 0.5) is 20.8 Å². The van der Waals surface area contributed by atoms with Crippen LogP contribution in [0, 0.1) is 12.7 Å². The molecule has 3 aromatic carbocycles. The number of methoxy groups -OCH3 is 2. The molecule has 66 heavy (non-hydrogen) atoms. The topological polar surface area (TPSA) is 285 Å². The van der Waals surface area contributed by atoms with Crippen LogP contribution in [0.2, 0.25) is 10.0 Å². The summed E-state index contributed by atoms with van der Waals surface area (Å²) in [6.45, 7) is 2.45. The van der Waals surface area contributed by atoms with E-state index in [1.165, 1.54) is 39.3 Å². The second kappa shape index (κ2) is 23.0. The molecule has 0 atom stereocenters. The van der Waals surface area contributed by atoms with Gasteiger partial charge in [0.05, 0.1) is 35.6 Å². The number of hydrogen-bond donors (Lipinski definition) is 4. The first-order chi connectivity index (χ1) is 31.4. The SMILES string of the molecule is COC(=O)CSc1cc(N=c2sc(=O)n3n2CCCC3)c(F)cc1Cl.COc1nc(C)nc(NC(=O)NS(=O)(=O)c2ccccc2C(=O)O)n1.O=C(O)COc1ccc(Cl)c2cccnc12. The van der Waals surface area contributed by atoms with Crippen molar-refractivity contribution in [3.63, 3.8) is 0 Å². The number of nitrogens with one attached hydrogen (secondary N) is 2. The van der Waals surface area contributed by atoms with E-state index in [0.29, 0.717) is 39.1 Å². The van der Waals surface area contributed by atoms with Crippen LogP contribution < -0.4 is 29.2 Å². The summed E-state index contributed by atoms with van der Waals surface area (Å²) in [5.41, 5.74) is 0.177. The van der Waals surface area contributed by atoms with Crippen molar-refractivity contribution in [3.8, 4) is 11.8 Å². The number of carbonyl (C=O) groups excluding carboxylic acids is 2. The average molecular weight is 1010 g/mol. The predicted octanol–water partition coefficient (Wildman–Crippen LogP) is 5.54. The fourth-order valence-electron chi connectivity index (χ4n) is 5.58. The molecule has 0 aliphatic carbocycles. The number of benzene rings is 3. The number of pyridine rings is 1. The quantitative estimate of drug-likeness (QED) is 0.0864. The van der Waals surface area contributed by atoms with Crippen LogP contribution in [0.5, 0.6) is 11.8 Å². The van der Waals surface area contributed by atoms with Crippen LogP contribution in [0.15, 0.2) is 86.4 Å². The minimum atomic E-state index is -4.43. The van der Waals surface area contributed by atoms with E-state index in [-0.39, 0.29) is 39.1 Å². The number of anilines is 1. The second-order valence-corrected chi connectivity index (χ2v) is 17.4. The Morgan fingerprint density at radius 3 is 2.39 bits per heavy atom. The number of urea groups is 1. The number of thioether (sulfide) groups is 1. The fourth-order valence-corrected chi connectivity index (χ4v) is 8.90. The van der Waals surface area contributed by atoms with Crippen molar-refractivity contribution in [1.82, 2.24) is 34.0 Å². The Kier molecular flexibility index (Phi) is 17.5. The summed E-state index contributed by atoms with van der Waals surface area (Å²) in [4.78, 5) is 76.8.